The first-order valence-electron chi connectivity index (χ1n) is 3.71. The summed E-state index contributed by atoms with van der Waals surface area (Å²) in [5, 5.41) is 8.82. The molecule has 1 aromatic rings. The summed E-state index contributed by atoms with van der Waals surface area (Å²) >= 11 is 0. The topological polar surface area (TPSA) is 59.1 Å². The molecule has 3 nitrogen and oxygen atoms in total. The summed E-state index contributed by atoms with van der Waals surface area (Å²) in [5.41, 5.74) is 5.55. The fraction of sp³-hybridized carbons (Fsp3) is 0.375. The Morgan fingerprint density at radius 3 is 2.69 bits per heavy atom. The Balaban J connectivity index is 3.29. The van der Waals surface area contributed by atoms with E-state index < -0.39 is 13.0 Å². The van der Waals surface area contributed by atoms with E-state index in [0.717, 1.165) is 6.07 Å². The number of hydrogen-bond donors (Lipinski definition) is 2. The van der Waals surface area contributed by atoms with Crippen molar-refractivity contribution in [1.29, 1.82) is 0 Å². The van der Waals surface area contributed by atoms with E-state index in [1.807, 2.05) is 0 Å². The van der Waals surface area contributed by atoms with Gasteiger partial charge in [-0.25, -0.2) is 13.8 Å². The molecule has 3 N–H and O–H groups in total. The van der Waals surface area contributed by atoms with Crippen molar-refractivity contribution in [3.05, 3.63) is 22.9 Å². The Labute approximate surface area is 74.2 Å². The molecule has 0 aliphatic carbocycles. The lowest BCUT2D eigenvalue weighted by Crippen LogP contribution is -2.03. The molecular formula is C8H10F2N2O. The minimum atomic E-state index is -2.63. The maximum absolute atomic E-state index is 12.4. The van der Waals surface area contributed by atoms with Crippen molar-refractivity contribution in [2.24, 2.45) is 0 Å². The van der Waals surface area contributed by atoms with Gasteiger partial charge in [-0.15, -0.1) is 0 Å². The molecule has 0 amide bonds. The summed E-state index contributed by atoms with van der Waals surface area (Å²) < 4.78 is 24.8. The van der Waals surface area contributed by atoms with Crippen LogP contribution in [-0.2, 0) is 6.61 Å². The fourth-order valence-electron chi connectivity index (χ4n) is 1.15. The molecule has 1 aromatic heterocycles. The number of rotatable bonds is 2. The molecule has 0 aliphatic heterocycles. The predicted molar refractivity (Wildman–Crippen MR) is 44.3 cm³/mol. The number of nitrogens with two attached hydrogens (primary N) is 1. The Hall–Kier alpha value is -1.23. The molecule has 72 valence electrons. The summed E-state index contributed by atoms with van der Waals surface area (Å²) in [6.07, 6.45) is -2.63. The minimum Gasteiger partial charge on any atom is -0.392 e. The lowest BCUT2D eigenvalue weighted by molar-refractivity contribution is 0.147. The molecule has 0 unspecified atom stereocenters. The number of aliphatic hydroxyl groups excluding tert-OH is 1. The van der Waals surface area contributed by atoms with Crippen molar-refractivity contribution in [3.8, 4) is 0 Å². The van der Waals surface area contributed by atoms with Crippen LogP contribution in [-0.4, -0.2) is 10.1 Å². The smallest absolute Gasteiger partial charge is 0.264 e. The number of aryl methyl sites for hydroxylation is 1. The molecule has 0 aliphatic rings. The van der Waals surface area contributed by atoms with E-state index in [1.54, 1.807) is 0 Å². The van der Waals surface area contributed by atoms with Crippen molar-refractivity contribution < 1.29 is 13.9 Å². The van der Waals surface area contributed by atoms with Gasteiger partial charge < -0.3 is 10.8 Å². The van der Waals surface area contributed by atoms with Crippen LogP contribution in [0, 0.1) is 6.92 Å². The van der Waals surface area contributed by atoms with Crippen LogP contribution in [0.3, 0.4) is 0 Å². The minimum absolute atomic E-state index is 0.0463. The Bertz CT molecular complexity index is 315. The lowest BCUT2D eigenvalue weighted by atomic mass is 10.1. The molecule has 0 spiro atoms. The Morgan fingerprint density at radius 2 is 2.23 bits per heavy atom. The third kappa shape index (κ3) is 1.92. The van der Waals surface area contributed by atoms with E-state index in [2.05, 4.69) is 4.98 Å². The number of nitrogens with zero attached hydrogens (tertiary/aromatic N) is 1. The van der Waals surface area contributed by atoms with Gasteiger partial charge in [-0.05, 0) is 13.0 Å². The average molecular weight is 188 g/mol. The summed E-state index contributed by atoms with van der Waals surface area (Å²) in [5.74, 6) is 0.0463. The predicted octanol–water partition coefficient (Wildman–Crippen LogP) is 1.40. The van der Waals surface area contributed by atoms with Crippen LogP contribution in [0.4, 0.5) is 14.6 Å². The standard InChI is InChI=1S/C8H10F2N2O/c1-4-6(3-13)5(8(9)10)2-7(11)12-4/h2,8,13H,3H2,1H3,(H2,11,12). The highest BCUT2D eigenvalue weighted by molar-refractivity contribution is 5.41. The van der Waals surface area contributed by atoms with Gasteiger partial charge in [0, 0.05) is 16.8 Å². The van der Waals surface area contributed by atoms with Crippen molar-refractivity contribution in [1.82, 2.24) is 4.98 Å². The third-order valence-electron chi connectivity index (χ3n) is 1.78. The van der Waals surface area contributed by atoms with Gasteiger partial charge in [0.2, 0.25) is 0 Å². The van der Waals surface area contributed by atoms with Crippen LogP contribution in [0.1, 0.15) is 23.2 Å². The molecule has 0 saturated heterocycles. The SMILES string of the molecule is Cc1nc(N)cc(C(F)F)c1CO. The molecule has 0 bridgehead atoms. The Morgan fingerprint density at radius 1 is 1.62 bits per heavy atom. The van der Waals surface area contributed by atoms with Crippen molar-refractivity contribution >= 4 is 5.82 Å². The molecule has 13 heavy (non-hydrogen) atoms. The van der Waals surface area contributed by atoms with Gasteiger partial charge in [0.05, 0.1) is 6.61 Å². The van der Waals surface area contributed by atoms with Crippen LogP contribution < -0.4 is 5.73 Å². The van der Waals surface area contributed by atoms with Gasteiger partial charge in [0.1, 0.15) is 5.82 Å². The highest BCUT2D eigenvalue weighted by atomic mass is 19.3. The van der Waals surface area contributed by atoms with Crippen molar-refractivity contribution in [2.75, 3.05) is 5.73 Å². The number of anilines is 1. The quantitative estimate of drug-likeness (QED) is 0.737. The van der Waals surface area contributed by atoms with Gasteiger partial charge in [-0.2, -0.15) is 0 Å². The maximum atomic E-state index is 12.4. The molecule has 5 heteroatoms. The number of alkyl halides is 2. The zero-order valence-electron chi connectivity index (χ0n) is 7.09. The molecule has 0 radical (unpaired) electrons. The van der Waals surface area contributed by atoms with Crippen LogP contribution >= 0.6 is 0 Å². The number of aliphatic hydroxyl groups is 1. The maximum Gasteiger partial charge on any atom is 0.264 e. The normalized spacial score (nSPS) is 10.8. The molecule has 0 atom stereocenters. The Kier molecular flexibility index (Phi) is 2.77. The van der Waals surface area contributed by atoms with Crippen LogP contribution in [0.2, 0.25) is 0 Å². The molecule has 0 aromatic carbocycles. The summed E-state index contributed by atoms with van der Waals surface area (Å²) in [6.45, 7) is 1.09. The first-order chi connectivity index (χ1) is 6.06. The second-order valence-electron chi connectivity index (χ2n) is 2.66. The number of nitrogen functional groups attached to an aromatic ring is 1. The fourth-order valence-corrected chi connectivity index (χ4v) is 1.15. The molecule has 1 rings (SSSR count). The average Bonchev–Trinajstić information content (AvgIpc) is 2.02. The zero-order chi connectivity index (χ0) is 10.0. The molecular weight excluding hydrogens is 178 g/mol. The summed E-state index contributed by atoms with van der Waals surface area (Å²) in [7, 11) is 0. The van der Waals surface area contributed by atoms with Gasteiger partial charge in [0.25, 0.3) is 6.43 Å². The highest BCUT2D eigenvalue weighted by Crippen LogP contribution is 2.25. The van der Waals surface area contributed by atoms with Crippen molar-refractivity contribution in [3.63, 3.8) is 0 Å². The van der Waals surface area contributed by atoms with E-state index in [9.17, 15) is 8.78 Å². The number of halogens is 2. The van der Waals surface area contributed by atoms with Crippen molar-refractivity contribution in [2.45, 2.75) is 20.0 Å². The van der Waals surface area contributed by atoms with Crippen LogP contribution in [0.15, 0.2) is 6.07 Å². The van der Waals surface area contributed by atoms with Crippen LogP contribution in [0.5, 0.6) is 0 Å². The monoisotopic (exact) mass is 188 g/mol. The largest absolute Gasteiger partial charge is 0.392 e. The zero-order valence-corrected chi connectivity index (χ0v) is 7.09. The second kappa shape index (κ2) is 3.66. The third-order valence-corrected chi connectivity index (χ3v) is 1.78. The molecule has 1 heterocycles. The number of hydrogen-bond acceptors (Lipinski definition) is 3. The first kappa shape index (κ1) is 9.85. The van der Waals surface area contributed by atoms with Gasteiger partial charge in [-0.3, -0.25) is 0 Å². The molecule has 0 saturated carbocycles. The molecule has 0 fully saturated rings. The lowest BCUT2D eigenvalue weighted by Gasteiger charge is -2.09. The van der Waals surface area contributed by atoms with E-state index in [-0.39, 0.29) is 16.9 Å². The van der Waals surface area contributed by atoms with Gasteiger partial charge >= 0.3 is 0 Å². The first-order valence-corrected chi connectivity index (χ1v) is 3.71. The van der Waals surface area contributed by atoms with E-state index in [1.165, 1.54) is 6.92 Å². The number of pyridine rings is 1. The summed E-state index contributed by atoms with van der Waals surface area (Å²) in [6, 6.07) is 1.09. The van der Waals surface area contributed by atoms with E-state index in [4.69, 9.17) is 10.8 Å². The van der Waals surface area contributed by atoms with E-state index in [0.29, 0.717) is 5.69 Å². The second-order valence-corrected chi connectivity index (χ2v) is 2.66. The van der Waals surface area contributed by atoms with Gasteiger partial charge in [0.15, 0.2) is 0 Å². The van der Waals surface area contributed by atoms with Crippen LogP contribution in [0.25, 0.3) is 0 Å². The van der Waals surface area contributed by atoms with E-state index >= 15 is 0 Å². The summed E-state index contributed by atoms with van der Waals surface area (Å²) in [4.78, 5) is 3.77. The van der Waals surface area contributed by atoms with Gasteiger partial charge in [-0.1, -0.05) is 0 Å². The highest BCUT2D eigenvalue weighted by Gasteiger charge is 2.15. The number of aromatic nitrogens is 1.